The Morgan fingerprint density at radius 3 is 2.25 bits per heavy atom. The molecule has 168 valence electrons. The van der Waals surface area contributed by atoms with Gasteiger partial charge in [0.2, 0.25) is 0 Å². The van der Waals surface area contributed by atoms with Gasteiger partial charge in [0, 0.05) is 11.3 Å². The maximum absolute atomic E-state index is 13.0. The highest BCUT2D eigenvalue weighted by Gasteiger charge is 2.22. The molecule has 0 aliphatic carbocycles. The minimum atomic E-state index is -3.98. The van der Waals surface area contributed by atoms with Crippen LogP contribution in [-0.2, 0) is 10.0 Å². The van der Waals surface area contributed by atoms with Gasteiger partial charge in [-0.2, -0.15) is 0 Å². The van der Waals surface area contributed by atoms with Gasteiger partial charge in [0.25, 0.3) is 15.9 Å². The van der Waals surface area contributed by atoms with Crippen molar-refractivity contribution in [3.63, 3.8) is 0 Å². The molecule has 0 saturated carbocycles. The summed E-state index contributed by atoms with van der Waals surface area (Å²) in [5.41, 5.74) is 4.81. The predicted octanol–water partition coefficient (Wildman–Crippen LogP) is 5.95. The van der Waals surface area contributed by atoms with Gasteiger partial charge in [-0.05, 0) is 74.2 Å². The number of rotatable bonds is 7. The lowest BCUT2D eigenvalue weighted by molar-refractivity contribution is 0.0935. The summed E-state index contributed by atoms with van der Waals surface area (Å²) in [6.07, 6.45) is 0.696. The normalized spacial score (nSPS) is 12.3. The van der Waals surface area contributed by atoms with E-state index in [1.165, 1.54) is 18.2 Å². The molecule has 0 unspecified atom stereocenters. The number of anilines is 1. The summed E-state index contributed by atoms with van der Waals surface area (Å²) in [6, 6.07) is 17.3. The molecule has 7 heteroatoms. The van der Waals surface area contributed by atoms with Crippen LogP contribution in [0.1, 0.15) is 52.0 Å². The predicted molar refractivity (Wildman–Crippen MR) is 130 cm³/mol. The Labute approximate surface area is 194 Å². The van der Waals surface area contributed by atoms with Gasteiger partial charge < -0.3 is 5.32 Å². The number of aryl methyl sites for hydroxylation is 3. The molecule has 3 rings (SSSR count). The van der Waals surface area contributed by atoms with E-state index in [9.17, 15) is 13.2 Å². The molecule has 3 aromatic rings. The van der Waals surface area contributed by atoms with Gasteiger partial charge in [-0.15, -0.1) is 0 Å². The molecule has 0 aliphatic heterocycles. The van der Waals surface area contributed by atoms with Crippen molar-refractivity contribution < 1.29 is 13.2 Å². The average Bonchev–Trinajstić information content (AvgIpc) is 2.75. The summed E-state index contributed by atoms with van der Waals surface area (Å²) < 4.78 is 28.5. The minimum absolute atomic E-state index is 0.0449. The fourth-order valence-corrected chi connectivity index (χ4v) is 4.90. The molecule has 0 saturated heterocycles. The third-order valence-corrected chi connectivity index (χ3v) is 7.30. The van der Waals surface area contributed by atoms with Crippen LogP contribution in [0.15, 0.2) is 65.6 Å². The van der Waals surface area contributed by atoms with Crippen molar-refractivity contribution in [3.8, 4) is 0 Å². The van der Waals surface area contributed by atoms with Crippen LogP contribution in [0.4, 0.5) is 5.69 Å². The lowest BCUT2D eigenvalue weighted by Crippen LogP contribution is -2.28. The molecule has 0 fully saturated rings. The lowest BCUT2D eigenvalue weighted by Gasteiger charge is -2.18. The first-order valence-electron chi connectivity index (χ1n) is 10.4. The fraction of sp³-hybridized carbons (Fsp3) is 0.240. The first kappa shape index (κ1) is 23.8. The lowest BCUT2D eigenvalue weighted by atomic mass is 10.0. The molecule has 1 atom stereocenters. The number of sulfonamides is 1. The van der Waals surface area contributed by atoms with Crippen molar-refractivity contribution in [2.45, 2.75) is 45.1 Å². The maximum atomic E-state index is 13.0. The quantitative estimate of drug-likeness (QED) is 0.448. The van der Waals surface area contributed by atoms with Crippen LogP contribution in [-0.4, -0.2) is 14.3 Å². The third-order valence-electron chi connectivity index (χ3n) is 5.44. The van der Waals surface area contributed by atoms with E-state index in [1.54, 1.807) is 12.1 Å². The van der Waals surface area contributed by atoms with Crippen molar-refractivity contribution in [2.75, 3.05) is 4.72 Å². The van der Waals surface area contributed by atoms with Crippen LogP contribution in [0, 0.1) is 20.8 Å². The van der Waals surface area contributed by atoms with E-state index in [1.807, 2.05) is 58.0 Å². The van der Waals surface area contributed by atoms with Crippen molar-refractivity contribution in [1.82, 2.24) is 5.32 Å². The van der Waals surface area contributed by atoms with E-state index in [0.717, 1.165) is 22.3 Å². The highest BCUT2D eigenvalue weighted by Crippen LogP contribution is 2.26. The second-order valence-electron chi connectivity index (χ2n) is 7.89. The number of hydrogen-bond acceptors (Lipinski definition) is 3. The minimum Gasteiger partial charge on any atom is -0.345 e. The first-order valence-corrected chi connectivity index (χ1v) is 12.2. The zero-order valence-corrected chi connectivity index (χ0v) is 20.1. The Morgan fingerprint density at radius 2 is 1.62 bits per heavy atom. The monoisotopic (exact) mass is 470 g/mol. The Bertz CT molecular complexity index is 1240. The maximum Gasteiger partial charge on any atom is 0.263 e. The molecule has 32 heavy (non-hydrogen) atoms. The van der Waals surface area contributed by atoms with E-state index in [4.69, 9.17) is 11.6 Å². The molecule has 3 aromatic carbocycles. The van der Waals surface area contributed by atoms with E-state index < -0.39 is 10.0 Å². The van der Waals surface area contributed by atoms with Gasteiger partial charge in [0.1, 0.15) is 4.90 Å². The molecular formula is C25H27ClN2O3S. The summed E-state index contributed by atoms with van der Waals surface area (Å²) in [5.74, 6) is -0.364. The van der Waals surface area contributed by atoms with Gasteiger partial charge in [-0.25, -0.2) is 8.42 Å². The largest absolute Gasteiger partial charge is 0.345 e. The molecule has 0 heterocycles. The zero-order valence-electron chi connectivity index (χ0n) is 18.6. The van der Waals surface area contributed by atoms with Crippen molar-refractivity contribution >= 4 is 33.2 Å². The number of benzene rings is 3. The number of carbonyl (C=O) groups excluding carboxylic acids is 1. The Kier molecular flexibility index (Phi) is 7.26. The number of nitrogens with one attached hydrogen (secondary N) is 2. The zero-order chi connectivity index (χ0) is 23.5. The van der Waals surface area contributed by atoms with E-state index in [-0.39, 0.29) is 27.4 Å². The number of hydrogen-bond donors (Lipinski definition) is 2. The SMILES string of the molecule is CC[C@H](NC(=O)c1ccc(Cl)c(S(=O)(=O)Nc2ccc(C)c(C)c2)c1)c1ccc(C)cc1. The van der Waals surface area contributed by atoms with Gasteiger partial charge >= 0.3 is 0 Å². The molecule has 0 aliphatic rings. The smallest absolute Gasteiger partial charge is 0.263 e. The van der Waals surface area contributed by atoms with Crippen LogP contribution in [0.25, 0.3) is 0 Å². The van der Waals surface area contributed by atoms with Crippen LogP contribution in [0.2, 0.25) is 5.02 Å². The van der Waals surface area contributed by atoms with Crippen LogP contribution in [0.3, 0.4) is 0 Å². The molecule has 0 aromatic heterocycles. The van der Waals surface area contributed by atoms with Crippen LogP contribution < -0.4 is 10.0 Å². The molecule has 5 nitrogen and oxygen atoms in total. The second-order valence-corrected chi connectivity index (χ2v) is 9.95. The number of carbonyl (C=O) groups is 1. The topological polar surface area (TPSA) is 75.3 Å². The highest BCUT2D eigenvalue weighted by molar-refractivity contribution is 7.92. The van der Waals surface area contributed by atoms with Crippen LogP contribution >= 0.6 is 11.6 Å². The number of amides is 1. The summed E-state index contributed by atoms with van der Waals surface area (Å²) in [7, 11) is -3.98. The number of halogens is 1. The van der Waals surface area contributed by atoms with Gasteiger partial charge in [-0.3, -0.25) is 9.52 Å². The van der Waals surface area contributed by atoms with E-state index in [0.29, 0.717) is 12.1 Å². The Hall–Kier alpha value is -2.83. The van der Waals surface area contributed by atoms with Gasteiger partial charge in [-0.1, -0.05) is 54.4 Å². The van der Waals surface area contributed by atoms with E-state index >= 15 is 0 Å². The van der Waals surface area contributed by atoms with Gasteiger partial charge in [0.05, 0.1) is 11.1 Å². The third kappa shape index (κ3) is 5.50. The van der Waals surface area contributed by atoms with Crippen molar-refractivity contribution in [3.05, 3.63) is 93.5 Å². The van der Waals surface area contributed by atoms with Gasteiger partial charge in [0.15, 0.2) is 0 Å². The van der Waals surface area contributed by atoms with E-state index in [2.05, 4.69) is 10.0 Å². The van der Waals surface area contributed by atoms with Crippen LogP contribution in [0.5, 0.6) is 0 Å². The highest BCUT2D eigenvalue weighted by atomic mass is 35.5. The summed E-state index contributed by atoms with van der Waals surface area (Å²) >= 11 is 6.20. The summed E-state index contributed by atoms with van der Waals surface area (Å²) in [4.78, 5) is 12.8. The molecule has 0 spiro atoms. The van der Waals surface area contributed by atoms with Crippen molar-refractivity contribution in [1.29, 1.82) is 0 Å². The van der Waals surface area contributed by atoms with Crippen molar-refractivity contribution in [2.24, 2.45) is 0 Å². The molecular weight excluding hydrogens is 444 g/mol. The Balaban J connectivity index is 1.85. The molecule has 2 N–H and O–H groups in total. The Morgan fingerprint density at radius 1 is 0.938 bits per heavy atom. The standard InChI is InChI=1S/C25H27ClN2O3S/c1-5-23(19-9-6-16(2)7-10-19)27-25(29)20-11-13-22(26)24(15-20)32(30,31)28-21-12-8-17(3)18(4)14-21/h6-15,23,28H,5H2,1-4H3,(H,27,29)/t23-/m0/s1. The average molecular weight is 471 g/mol. The summed E-state index contributed by atoms with van der Waals surface area (Å²) in [6.45, 7) is 7.84. The second kappa shape index (κ2) is 9.76. The molecule has 0 radical (unpaired) electrons. The first-order chi connectivity index (χ1) is 15.1. The molecule has 1 amide bonds. The molecule has 0 bridgehead atoms. The summed E-state index contributed by atoms with van der Waals surface area (Å²) in [5, 5.41) is 3.03. The fourth-order valence-electron chi connectivity index (χ4n) is 3.33.